The second-order valence-corrected chi connectivity index (χ2v) is 8.97. The van der Waals surface area contributed by atoms with Gasteiger partial charge in [0.15, 0.2) is 0 Å². The minimum atomic E-state index is -0.422. The van der Waals surface area contributed by atoms with E-state index in [9.17, 15) is 9.18 Å². The Kier molecular flexibility index (Phi) is 4.49. The maximum absolute atomic E-state index is 14.0. The van der Waals surface area contributed by atoms with E-state index in [2.05, 4.69) is 25.3 Å². The summed E-state index contributed by atoms with van der Waals surface area (Å²) in [6, 6.07) is 3.92. The van der Waals surface area contributed by atoms with Gasteiger partial charge in [-0.3, -0.25) is 9.20 Å². The summed E-state index contributed by atoms with van der Waals surface area (Å²) in [7, 11) is 1.58. The van der Waals surface area contributed by atoms with Crippen molar-refractivity contribution in [2.75, 3.05) is 25.5 Å². The number of hydrogen-bond donors (Lipinski definition) is 2. The third-order valence-corrected chi connectivity index (χ3v) is 6.99. The number of aromatic nitrogens is 5. The number of amides is 1. The molecule has 1 saturated heterocycles. The van der Waals surface area contributed by atoms with E-state index < -0.39 is 5.95 Å². The van der Waals surface area contributed by atoms with E-state index in [-0.39, 0.29) is 11.9 Å². The minimum Gasteiger partial charge on any atom is -0.480 e. The van der Waals surface area contributed by atoms with Crippen LogP contribution in [-0.4, -0.2) is 61.4 Å². The van der Waals surface area contributed by atoms with E-state index in [1.807, 2.05) is 17.2 Å². The Morgan fingerprint density at radius 3 is 2.76 bits per heavy atom. The molecule has 2 aliphatic rings. The predicted octanol–water partition coefficient (Wildman–Crippen LogP) is 3.09. The van der Waals surface area contributed by atoms with Crippen LogP contribution >= 0.6 is 0 Å². The zero-order valence-corrected chi connectivity index (χ0v) is 18.4. The number of aromatic amines is 1. The number of carbonyl (C=O) groups is 1. The van der Waals surface area contributed by atoms with Crippen molar-refractivity contribution >= 4 is 28.5 Å². The maximum atomic E-state index is 14.0. The molecule has 0 aromatic carbocycles. The molecule has 0 radical (unpaired) electrons. The van der Waals surface area contributed by atoms with E-state index in [4.69, 9.17) is 4.74 Å². The molecule has 0 unspecified atom stereocenters. The monoisotopic (exact) mass is 449 g/mol. The van der Waals surface area contributed by atoms with Gasteiger partial charge in [-0.1, -0.05) is 0 Å². The summed E-state index contributed by atoms with van der Waals surface area (Å²) >= 11 is 0. The summed E-state index contributed by atoms with van der Waals surface area (Å²) in [5, 5.41) is 4.21. The van der Waals surface area contributed by atoms with Gasteiger partial charge >= 0.3 is 0 Å². The van der Waals surface area contributed by atoms with Crippen molar-refractivity contribution in [3.8, 4) is 17.0 Å². The molecule has 3 atom stereocenters. The van der Waals surface area contributed by atoms with Crippen LogP contribution < -0.4 is 10.1 Å². The van der Waals surface area contributed by atoms with Gasteiger partial charge in [0, 0.05) is 49.6 Å². The fourth-order valence-corrected chi connectivity index (χ4v) is 5.41. The molecule has 33 heavy (non-hydrogen) atoms. The number of ether oxygens (including phenoxy) is 1. The zero-order valence-electron chi connectivity index (χ0n) is 18.4. The van der Waals surface area contributed by atoms with Crippen LogP contribution in [0.3, 0.4) is 0 Å². The number of imidazole rings is 1. The molecule has 2 fully saturated rings. The van der Waals surface area contributed by atoms with Gasteiger partial charge in [0.05, 0.1) is 18.7 Å². The Balaban J connectivity index is 1.28. The third-order valence-electron chi connectivity index (χ3n) is 6.99. The van der Waals surface area contributed by atoms with Crippen LogP contribution in [0.25, 0.3) is 27.8 Å². The van der Waals surface area contributed by atoms with Crippen molar-refractivity contribution in [1.82, 2.24) is 29.2 Å². The number of methoxy groups -OCH3 is 1. The highest BCUT2D eigenvalue weighted by atomic mass is 19.1. The van der Waals surface area contributed by atoms with Crippen LogP contribution in [0, 0.1) is 17.8 Å². The van der Waals surface area contributed by atoms with Crippen LogP contribution in [-0.2, 0) is 4.79 Å². The van der Waals surface area contributed by atoms with Crippen molar-refractivity contribution in [2.24, 2.45) is 11.8 Å². The second-order valence-electron chi connectivity index (χ2n) is 8.97. The first kappa shape index (κ1) is 20.0. The molecule has 10 heteroatoms. The van der Waals surface area contributed by atoms with Crippen molar-refractivity contribution in [3.05, 3.63) is 36.7 Å². The maximum Gasteiger partial charge on any atom is 0.228 e. The molecule has 2 N–H and O–H groups in total. The molecule has 4 aromatic rings. The van der Waals surface area contributed by atoms with Gasteiger partial charge in [0.1, 0.15) is 11.3 Å². The standard InChI is InChI=1S/C23H24FN7O2/c1-12(32)30-9-14-5-16(6-15(14)10-30)27-23-28-21-20(22(29-23)33-2)17(7-26-21)13-3-4-19-25-8-18(24)31(19)11-13/h3-4,7-8,11,14-16H,5-6,9-10H2,1-2H3,(H2,26,27,28,29)/t14-,15+,16+. The lowest BCUT2D eigenvalue weighted by molar-refractivity contribution is -0.128. The number of H-pyrrole nitrogens is 1. The Morgan fingerprint density at radius 2 is 2.03 bits per heavy atom. The minimum absolute atomic E-state index is 0.157. The summed E-state index contributed by atoms with van der Waals surface area (Å²) in [4.78, 5) is 30.2. The van der Waals surface area contributed by atoms with E-state index in [0.29, 0.717) is 35.0 Å². The van der Waals surface area contributed by atoms with Gasteiger partial charge < -0.3 is 19.9 Å². The molecule has 0 bridgehead atoms. The van der Waals surface area contributed by atoms with E-state index >= 15 is 0 Å². The van der Waals surface area contributed by atoms with Crippen LogP contribution in [0.1, 0.15) is 19.8 Å². The van der Waals surface area contributed by atoms with Crippen molar-refractivity contribution in [2.45, 2.75) is 25.8 Å². The Hall–Kier alpha value is -3.69. The fraction of sp³-hybridized carbons (Fsp3) is 0.391. The molecule has 0 spiro atoms. The summed E-state index contributed by atoms with van der Waals surface area (Å²) < 4.78 is 21.1. The van der Waals surface area contributed by atoms with Gasteiger partial charge in [0.25, 0.3) is 0 Å². The highest BCUT2D eigenvalue weighted by Crippen LogP contribution is 2.40. The van der Waals surface area contributed by atoms with Crippen molar-refractivity contribution in [1.29, 1.82) is 0 Å². The van der Waals surface area contributed by atoms with Gasteiger partial charge in [0.2, 0.25) is 23.7 Å². The lowest BCUT2D eigenvalue weighted by atomic mass is 10.0. The fourth-order valence-electron chi connectivity index (χ4n) is 5.41. The number of fused-ring (bicyclic) bond motifs is 3. The van der Waals surface area contributed by atoms with Crippen molar-refractivity contribution in [3.63, 3.8) is 0 Å². The SMILES string of the molecule is COc1nc(N[C@H]2C[C@@H]3CN(C(C)=O)C[C@@H]3C2)nc2[nH]cc(-c3ccc4ncc(F)n4c3)c12. The number of anilines is 1. The zero-order chi connectivity index (χ0) is 22.7. The Morgan fingerprint density at radius 1 is 1.24 bits per heavy atom. The molecule has 1 amide bonds. The molecular formula is C23H24FN7O2. The van der Waals surface area contributed by atoms with Crippen molar-refractivity contribution < 1.29 is 13.9 Å². The number of hydrogen-bond acceptors (Lipinski definition) is 6. The van der Waals surface area contributed by atoms with Gasteiger partial charge in [-0.25, -0.2) is 4.98 Å². The molecule has 4 aromatic heterocycles. The highest BCUT2D eigenvalue weighted by molar-refractivity contribution is 5.97. The first-order valence-corrected chi connectivity index (χ1v) is 11.1. The normalized spacial score (nSPS) is 22.3. The van der Waals surface area contributed by atoms with Gasteiger partial charge in [-0.15, -0.1) is 0 Å². The smallest absolute Gasteiger partial charge is 0.228 e. The number of nitrogens with one attached hydrogen (secondary N) is 2. The van der Waals surface area contributed by atoms with Crippen LogP contribution in [0.4, 0.5) is 10.3 Å². The first-order valence-electron chi connectivity index (χ1n) is 11.1. The molecule has 5 heterocycles. The number of rotatable bonds is 4. The third kappa shape index (κ3) is 3.28. The topological polar surface area (TPSA) is 100 Å². The average Bonchev–Trinajstić information content (AvgIpc) is 3.56. The molecule has 6 rings (SSSR count). The number of pyridine rings is 1. The average molecular weight is 449 g/mol. The van der Waals surface area contributed by atoms with E-state index in [0.717, 1.165) is 42.4 Å². The largest absolute Gasteiger partial charge is 0.480 e. The van der Waals surface area contributed by atoms with Crippen LogP contribution in [0.15, 0.2) is 30.7 Å². The predicted molar refractivity (Wildman–Crippen MR) is 120 cm³/mol. The first-order chi connectivity index (χ1) is 16.0. The quantitative estimate of drug-likeness (QED) is 0.497. The van der Waals surface area contributed by atoms with Gasteiger partial charge in [-0.2, -0.15) is 14.4 Å². The summed E-state index contributed by atoms with van der Waals surface area (Å²) in [5.74, 6) is 1.74. The van der Waals surface area contributed by atoms with E-state index in [1.165, 1.54) is 10.6 Å². The Labute approximate surface area is 189 Å². The second kappa shape index (κ2) is 7.43. The Bertz CT molecular complexity index is 1370. The van der Waals surface area contributed by atoms with Crippen LogP contribution in [0.5, 0.6) is 5.88 Å². The summed E-state index contributed by atoms with van der Waals surface area (Å²) in [6.45, 7) is 3.31. The van der Waals surface area contributed by atoms with Crippen LogP contribution in [0.2, 0.25) is 0 Å². The number of nitrogens with zero attached hydrogens (tertiary/aromatic N) is 5. The molecule has 9 nitrogen and oxygen atoms in total. The molecule has 1 saturated carbocycles. The molecule has 1 aliphatic heterocycles. The van der Waals surface area contributed by atoms with E-state index in [1.54, 1.807) is 26.3 Å². The van der Waals surface area contributed by atoms with Gasteiger partial charge in [-0.05, 0) is 36.8 Å². The number of halogens is 1. The number of carbonyl (C=O) groups excluding carboxylic acids is 1. The number of likely N-dealkylation sites (tertiary alicyclic amines) is 1. The molecule has 1 aliphatic carbocycles. The lowest BCUT2D eigenvalue weighted by Gasteiger charge is -2.18. The highest BCUT2D eigenvalue weighted by Gasteiger charge is 2.41. The summed E-state index contributed by atoms with van der Waals surface area (Å²) in [5.41, 5.74) is 2.81. The lowest BCUT2D eigenvalue weighted by Crippen LogP contribution is -2.29. The molecule has 170 valence electrons. The molecular weight excluding hydrogens is 425 g/mol. The summed E-state index contributed by atoms with van der Waals surface area (Å²) in [6.07, 6.45) is 6.71.